The SMILES string of the molecule is C[C@H](O)CNC(=O)CC1C=CCC1. The molecule has 1 amide bonds. The minimum Gasteiger partial charge on any atom is -0.392 e. The van der Waals surface area contributed by atoms with Gasteiger partial charge in [-0.2, -0.15) is 0 Å². The molecule has 13 heavy (non-hydrogen) atoms. The Hall–Kier alpha value is -0.830. The maximum absolute atomic E-state index is 11.2. The molecule has 0 radical (unpaired) electrons. The van der Waals surface area contributed by atoms with Crippen LogP contribution in [-0.2, 0) is 4.79 Å². The third-order valence-electron chi connectivity index (χ3n) is 2.15. The van der Waals surface area contributed by atoms with Crippen LogP contribution in [0.3, 0.4) is 0 Å². The topological polar surface area (TPSA) is 49.3 Å². The van der Waals surface area contributed by atoms with Gasteiger partial charge in [0.2, 0.25) is 5.91 Å². The molecule has 0 aromatic carbocycles. The van der Waals surface area contributed by atoms with Crippen molar-refractivity contribution in [2.45, 2.75) is 32.3 Å². The number of amides is 1. The van der Waals surface area contributed by atoms with Crippen molar-refractivity contribution in [3.05, 3.63) is 12.2 Å². The van der Waals surface area contributed by atoms with E-state index in [1.807, 2.05) is 0 Å². The molecule has 0 aromatic rings. The number of carbonyl (C=O) groups excluding carboxylic acids is 1. The number of aliphatic hydroxyl groups is 1. The monoisotopic (exact) mass is 183 g/mol. The Morgan fingerprint density at radius 1 is 1.77 bits per heavy atom. The fourth-order valence-corrected chi connectivity index (χ4v) is 1.44. The van der Waals surface area contributed by atoms with Crippen molar-refractivity contribution in [1.82, 2.24) is 5.32 Å². The van der Waals surface area contributed by atoms with Crippen molar-refractivity contribution in [1.29, 1.82) is 0 Å². The fraction of sp³-hybridized carbons (Fsp3) is 0.700. The summed E-state index contributed by atoms with van der Waals surface area (Å²) in [5.74, 6) is 0.450. The van der Waals surface area contributed by atoms with Crippen LogP contribution in [0, 0.1) is 5.92 Å². The Kier molecular flexibility index (Phi) is 3.96. The fourth-order valence-electron chi connectivity index (χ4n) is 1.44. The molecule has 3 nitrogen and oxygen atoms in total. The second-order valence-corrected chi connectivity index (χ2v) is 3.62. The van der Waals surface area contributed by atoms with Crippen molar-refractivity contribution >= 4 is 5.91 Å². The zero-order valence-corrected chi connectivity index (χ0v) is 7.99. The van der Waals surface area contributed by atoms with Crippen LogP contribution >= 0.6 is 0 Å². The first kappa shape index (κ1) is 10.3. The van der Waals surface area contributed by atoms with Gasteiger partial charge in [-0.25, -0.2) is 0 Å². The Morgan fingerprint density at radius 2 is 2.54 bits per heavy atom. The molecule has 0 spiro atoms. The smallest absolute Gasteiger partial charge is 0.220 e. The highest BCUT2D eigenvalue weighted by molar-refractivity contribution is 5.76. The van der Waals surface area contributed by atoms with Gasteiger partial charge in [0.05, 0.1) is 6.10 Å². The van der Waals surface area contributed by atoms with Crippen LogP contribution in [0.4, 0.5) is 0 Å². The van der Waals surface area contributed by atoms with Crippen molar-refractivity contribution in [2.24, 2.45) is 5.92 Å². The minimum atomic E-state index is -0.455. The van der Waals surface area contributed by atoms with Gasteiger partial charge in [-0.3, -0.25) is 4.79 Å². The molecule has 2 N–H and O–H groups in total. The molecule has 0 saturated carbocycles. The van der Waals surface area contributed by atoms with E-state index >= 15 is 0 Å². The van der Waals surface area contributed by atoms with E-state index in [1.54, 1.807) is 6.92 Å². The molecule has 2 atom stereocenters. The maximum atomic E-state index is 11.2. The minimum absolute atomic E-state index is 0.0393. The van der Waals surface area contributed by atoms with Crippen molar-refractivity contribution in [2.75, 3.05) is 6.54 Å². The number of allylic oxidation sites excluding steroid dienone is 2. The van der Waals surface area contributed by atoms with Crippen molar-refractivity contribution in [3.63, 3.8) is 0 Å². The first-order valence-electron chi connectivity index (χ1n) is 4.80. The number of hydrogen-bond acceptors (Lipinski definition) is 2. The van der Waals surface area contributed by atoms with Crippen LogP contribution in [0.15, 0.2) is 12.2 Å². The van der Waals surface area contributed by atoms with Crippen LogP contribution in [0.25, 0.3) is 0 Å². The van der Waals surface area contributed by atoms with Gasteiger partial charge in [0.15, 0.2) is 0 Å². The maximum Gasteiger partial charge on any atom is 0.220 e. The third kappa shape index (κ3) is 4.08. The summed E-state index contributed by atoms with van der Waals surface area (Å²) in [7, 11) is 0. The summed E-state index contributed by atoms with van der Waals surface area (Å²) in [4.78, 5) is 11.2. The summed E-state index contributed by atoms with van der Waals surface area (Å²) in [6.07, 6.45) is 6.50. The van der Waals surface area contributed by atoms with E-state index in [1.165, 1.54) is 0 Å². The van der Waals surface area contributed by atoms with Crippen molar-refractivity contribution in [3.8, 4) is 0 Å². The van der Waals surface area contributed by atoms with E-state index in [0.29, 0.717) is 18.9 Å². The molecule has 0 heterocycles. The number of rotatable bonds is 4. The summed E-state index contributed by atoms with van der Waals surface area (Å²) in [6, 6.07) is 0. The molecule has 1 rings (SSSR count). The van der Waals surface area contributed by atoms with Gasteiger partial charge in [-0.1, -0.05) is 12.2 Å². The Balaban J connectivity index is 2.13. The molecule has 1 aliphatic rings. The van der Waals surface area contributed by atoms with Crippen LogP contribution in [0.1, 0.15) is 26.2 Å². The largest absolute Gasteiger partial charge is 0.392 e. The number of aliphatic hydroxyl groups excluding tert-OH is 1. The van der Waals surface area contributed by atoms with E-state index in [0.717, 1.165) is 12.8 Å². The quantitative estimate of drug-likeness (QED) is 0.634. The van der Waals surface area contributed by atoms with Crippen LogP contribution < -0.4 is 5.32 Å². The molecule has 0 bridgehead atoms. The average Bonchev–Trinajstić information content (AvgIpc) is 2.53. The van der Waals surface area contributed by atoms with Gasteiger partial charge in [0, 0.05) is 13.0 Å². The second kappa shape index (κ2) is 5.02. The molecule has 0 aliphatic heterocycles. The number of nitrogens with one attached hydrogen (secondary N) is 1. The molecule has 74 valence electrons. The third-order valence-corrected chi connectivity index (χ3v) is 2.15. The van der Waals surface area contributed by atoms with Crippen molar-refractivity contribution < 1.29 is 9.90 Å². The predicted octanol–water partition coefficient (Wildman–Crippen LogP) is 0.840. The van der Waals surface area contributed by atoms with E-state index in [2.05, 4.69) is 17.5 Å². The Bertz CT molecular complexity index is 199. The molecule has 1 aliphatic carbocycles. The normalized spacial score (nSPS) is 23.1. The molecule has 1 unspecified atom stereocenters. The lowest BCUT2D eigenvalue weighted by Gasteiger charge is -2.09. The van der Waals surface area contributed by atoms with Gasteiger partial charge in [-0.15, -0.1) is 0 Å². The summed E-state index contributed by atoms with van der Waals surface area (Å²) < 4.78 is 0. The van der Waals surface area contributed by atoms with Gasteiger partial charge in [-0.05, 0) is 25.7 Å². The van der Waals surface area contributed by atoms with Crippen LogP contribution in [0.2, 0.25) is 0 Å². The van der Waals surface area contributed by atoms with Gasteiger partial charge in [0.1, 0.15) is 0 Å². The van der Waals surface area contributed by atoms with E-state index in [4.69, 9.17) is 5.11 Å². The average molecular weight is 183 g/mol. The molecule has 3 heteroatoms. The summed E-state index contributed by atoms with van der Waals surface area (Å²) in [5.41, 5.74) is 0. The summed E-state index contributed by atoms with van der Waals surface area (Å²) >= 11 is 0. The number of hydrogen-bond donors (Lipinski definition) is 2. The first-order valence-corrected chi connectivity index (χ1v) is 4.80. The van der Waals surface area contributed by atoms with Crippen LogP contribution in [-0.4, -0.2) is 23.7 Å². The lowest BCUT2D eigenvalue weighted by molar-refractivity contribution is -0.122. The molecular weight excluding hydrogens is 166 g/mol. The predicted molar refractivity (Wildman–Crippen MR) is 51.2 cm³/mol. The highest BCUT2D eigenvalue weighted by Gasteiger charge is 2.13. The Morgan fingerprint density at radius 3 is 3.08 bits per heavy atom. The zero-order valence-electron chi connectivity index (χ0n) is 7.99. The lowest BCUT2D eigenvalue weighted by Crippen LogP contribution is -2.31. The van der Waals surface area contributed by atoms with Gasteiger partial charge < -0.3 is 10.4 Å². The highest BCUT2D eigenvalue weighted by Crippen LogP contribution is 2.19. The van der Waals surface area contributed by atoms with Gasteiger partial charge >= 0.3 is 0 Å². The van der Waals surface area contributed by atoms with Gasteiger partial charge in [0.25, 0.3) is 0 Å². The molecule has 0 fully saturated rings. The number of carbonyl (C=O) groups is 1. The summed E-state index contributed by atoms with van der Waals surface area (Å²) in [5, 5.41) is 11.6. The molecular formula is C10H17NO2. The molecule has 0 aromatic heterocycles. The van der Waals surface area contributed by atoms with E-state index in [9.17, 15) is 4.79 Å². The lowest BCUT2D eigenvalue weighted by atomic mass is 10.1. The van der Waals surface area contributed by atoms with Crippen LogP contribution in [0.5, 0.6) is 0 Å². The second-order valence-electron chi connectivity index (χ2n) is 3.62. The van der Waals surface area contributed by atoms with E-state index in [-0.39, 0.29) is 5.91 Å². The zero-order chi connectivity index (χ0) is 9.68. The Labute approximate surface area is 78.8 Å². The first-order chi connectivity index (χ1) is 6.18. The summed E-state index contributed by atoms with van der Waals surface area (Å²) in [6.45, 7) is 2.02. The highest BCUT2D eigenvalue weighted by atomic mass is 16.3. The van der Waals surface area contributed by atoms with E-state index < -0.39 is 6.10 Å². The standard InChI is InChI=1S/C10H17NO2/c1-8(12)7-11-10(13)6-9-4-2-3-5-9/h2,4,8-9,12H,3,5-7H2,1H3,(H,11,13)/t8-,9?/m0/s1. The molecule has 0 saturated heterocycles.